The summed E-state index contributed by atoms with van der Waals surface area (Å²) in [7, 11) is 0. The van der Waals surface area contributed by atoms with E-state index in [0.29, 0.717) is 6.04 Å². The van der Waals surface area contributed by atoms with Gasteiger partial charge in [-0.3, -0.25) is 4.90 Å². The first-order chi connectivity index (χ1) is 8.56. The number of ether oxygens (including phenoxy) is 1. The van der Waals surface area contributed by atoms with Gasteiger partial charge in [0.1, 0.15) is 0 Å². The second kappa shape index (κ2) is 5.85. The summed E-state index contributed by atoms with van der Waals surface area (Å²) < 4.78 is 5.86. The third-order valence-electron chi connectivity index (χ3n) is 3.34. The number of nitrogens with zero attached hydrogens (tertiary/aromatic N) is 1. The van der Waals surface area contributed by atoms with Crippen molar-refractivity contribution >= 4 is 0 Å². The van der Waals surface area contributed by atoms with Crippen LogP contribution in [0.15, 0.2) is 30.3 Å². The lowest BCUT2D eigenvalue weighted by Gasteiger charge is -2.26. The van der Waals surface area contributed by atoms with Crippen LogP contribution in [0.5, 0.6) is 0 Å². The molecular weight excluding hydrogens is 222 g/mol. The van der Waals surface area contributed by atoms with Gasteiger partial charge in [-0.05, 0) is 23.8 Å². The molecule has 18 heavy (non-hydrogen) atoms. The monoisotopic (exact) mass is 247 g/mol. The average molecular weight is 247 g/mol. The topological polar surface area (TPSA) is 12.5 Å². The number of benzene rings is 1. The van der Waals surface area contributed by atoms with Crippen molar-refractivity contribution < 1.29 is 4.74 Å². The molecule has 2 nitrogen and oxygen atoms in total. The van der Waals surface area contributed by atoms with Gasteiger partial charge < -0.3 is 4.74 Å². The van der Waals surface area contributed by atoms with E-state index in [1.165, 1.54) is 18.4 Å². The highest BCUT2D eigenvalue weighted by Gasteiger charge is 2.26. The van der Waals surface area contributed by atoms with Crippen LogP contribution in [0.3, 0.4) is 0 Å². The summed E-state index contributed by atoms with van der Waals surface area (Å²) in [6, 6.07) is 11.3. The van der Waals surface area contributed by atoms with Crippen molar-refractivity contribution in [2.75, 3.05) is 19.9 Å². The van der Waals surface area contributed by atoms with Gasteiger partial charge in [-0.25, -0.2) is 0 Å². The third-order valence-corrected chi connectivity index (χ3v) is 3.34. The number of likely N-dealkylation sites (tertiary alicyclic amines) is 1. The van der Waals surface area contributed by atoms with Gasteiger partial charge in [0.15, 0.2) is 0 Å². The fourth-order valence-corrected chi connectivity index (χ4v) is 2.50. The Morgan fingerprint density at radius 3 is 2.61 bits per heavy atom. The molecule has 1 fully saturated rings. The van der Waals surface area contributed by atoms with E-state index in [2.05, 4.69) is 56.0 Å². The first kappa shape index (κ1) is 13.6. The Morgan fingerprint density at radius 2 is 1.94 bits per heavy atom. The minimum absolute atomic E-state index is 0.252. The van der Waals surface area contributed by atoms with Crippen LogP contribution in [0.1, 0.15) is 45.2 Å². The largest absolute Gasteiger partial charge is 0.366 e. The molecule has 1 atom stereocenters. The summed E-state index contributed by atoms with van der Waals surface area (Å²) in [5.74, 6) is 0. The zero-order chi connectivity index (χ0) is 13.0. The Labute approximate surface area is 111 Å². The Hall–Kier alpha value is -0.860. The van der Waals surface area contributed by atoms with Crippen molar-refractivity contribution in [3.8, 4) is 0 Å². The molecule has 2 rings (SSSR count). The molecule has 1 saturated heterocycles. The molecule has 1 aliphatic rings. The van der Waals surface area contributed by atoms with Gasteiger partial charge in [-0.2, -0.15) is 0 Å². The zero-order valence-electron chi connectivity index (χ0n) is 11.9. The number of hydrogen-bond acceptors (Lipinski definition) is 2. The molecule has 0 amide bonds. The fourth-order valence-electron chi connectivity index (χ4n) is 2.50. The third kappa shape index (κ3) is 3.82. The predicted octanol–water partition coefficient (Wildman–Crippen LogP) is 3.84. The molecule has 0 aliphatic carbocycles. The second-order valence-electron chi connectivity index (χ2n) is 6.42. The molecule has 0 aromatic heterocycles. The summed E-state index contributed by atoms with van der Waals surface area (Å²) in [5.41, 5.74) is 1.68. The summed E-state index contributed by atoms with van der Waals surface area (Å²) in [6.07, 6.45) is 2.53. The van der Waals surface area contributed by atoms with E-state index in [0.717, 1.165) is 19.9 Å². The van der Waals surface area contributed by atoms with Gasteiger partial charge in [0, 0.05) is 12.6 Å². The lowest BCUT2D eigenvalue weighted by Crippen LogP contribution is -2.28. The molecule has 0 N–H and O–H groups in total. The van der Waals surface area contributed by atoms with Gasteiger partial charge >= 0.3 is 0 Å². The lowest BCUT2D eigenvalue weighted by molar-refractivity contribution is -0.0105. The molecule has 1 aromatic carbocycles. The van der Waals surface area contributed by atoms with Crippen LogP contribution in [-0.2, 0) is 4.74 Å². The van der Waals surface area contributed by atoms with E-state index < -0.39 is 0 Å². The smallest absolute Gasteiger partial charge is 0.0995 e. The maximum Gasteiger partial charge on any atom is 0.0995 e. The molecule has 0 spiro atoms. The van der Waals surface area contributed by atoms with Crippen LogP contribution < -0.4 is 0 Å². The van der Waals surface area contributed by atoms with Crippen molar-refractivity contribution in [1.82, 2.24) is 4.90 Å². The van der Waals surface area contributed by atoms with Gasteiger partial charge in [0.05, 0.1) is 13.3 Å². The SMILES string of the molecule is CC(C)(C)COCN1CCCC1c1ccccc1. The molecule has 1 unspecified atom stereocenters. The van der Waals surface area contributed by atoms with Crippen molar-refractivity contribution in [1.29, 1.82) is 0 Å². The van der Waals surface area contributed by atoms with Crippen LogP contribution in [0.4, 0.5) is 0 Å². The van der Waals surface area contributed by atoms with Crippen LogP contribution in [0.25, 0.3) is 0 Å². The quantitative estimate of drug-likeness (QED) is 0.801. The first-order valence-electron chi connectivity index (χ1n) is 6.93. The van der Waals surface area contributed by atoms with Gasteiger partial charge in [-0.1, -0.05) is 51.1 Å². The van der Waals surface area contributed by atoms with Crippen LogP contribution in [0.2, 0.25) is 0 Å². The molecule has 1 aliphatic heterocycles. The highest BCUT2D eigenvalue weighted by Crippen LogP contribution is 2.31. The predicted molar refractivity (Wildman–Crippen MR) is 75.4 cm³/mol. The van der Waals surface area contributed by atoms with Gasteiger partial charge in [-0.15, -0.1) is 0 Å². The summed E-state index contributed by atoms with van der Waals surface area (Å²) in [4.78, 5) is 2.46. The Morgan fingerprint density at radius 1 is 1.22 bits per heavy atom. The van der Waals surface area contributed by atoms with Crippen molar-refractivity contribution in [2.45, 2.75) is 39.7 Å². The highest BCUT2D eigenvalue weighted by molar-refractivity contribution is 5.19. The Bertz CT molecular complexity index is 355. The van der Waals surface area contributed by atoms with E-state index in [4.69, 9.17) is 4.74 Å². The second-order valence-corrected chi connectivity index (χ2v) is 6.42. The first-order valence-corrected chi connectivity index (χ1v) is 6.93. The van der Waals surface area contributed by atoms with E-state index in [9.17, 15) is 0 Å². The maximum atomic E-state index is 5.86. The standard InChI is InChI=1S/C16H25NO/c1-16(2,3)12-18-13-17-11-7-10-15(17)14-8-5-4-6-9-14/h4-6,8-9,15H,7,10-13H2,1-3H3. The zero-order valence-corrected chi connectivity index (χ0v) is 11.9. The lowest BCUT2D eigenvalue weighted by atomic mass is 9.99. The van der Waals surface area contributed by atoms with Gasteiger partial charge in [0.2, 0.25) is 0 Å². The van der Waals surface area contributed by atoms with E-state index in [1.54, 1.807) is 0 Å². The molecule has 1 heterocycles. The van der Waals surface area contributed by atoms with Gasteiger partial charge in [0.25, 0.3) is 0 Å². The minimum atomic E-state index is 0.252. The van der Waals surface area contributed by atoms with E-state index in [-0.39, 0.29) is 5.41 Å². The summed E-state index contributed by atoms with van der Waals surface area (Å²) >= 11 is 0. The van der Waals surface area contributed by atoms with Crippen LogP contribution in [0, 0.1) is 5.41 Å². The Kier molecular flexibility index (Phi) is 4.41. The summed E-state index contributed by atoms with van der Waals surface area (Å²) in [6.45, 7) is 9.38. The molecule has 1 aromatic rings. The fraction of sp³-hybridized carbons (Fsp3) is 0.625. The van der Waals surface area contributed by atoms with Crippen molar-refractivity contribution in [3.05, 3.63) is 35.9 Å². The van der Waals surface area contributed by atoms with E-state index >= 15 is 0 Å². The number of hydrogen-bond donors (Lipinski definition) is 0. The molecular formula is C16H25NO. The van der Waals surface area contributed by atoms with Crippen LogP contribution in [-0.4, -0.2) is 24.8 Å². The normalized spacial score (nSPS) is 21.4. The molecule has 0 bridgehead atoms. The molecule has 100 valence electrons. The minimum Gasteiger partial charge on any atom is -0.366 e. The maximum absolute atomic E-state index is 5.86. The Balaban J connectivity index is 1.88. The average Bonchev–Trinajstić information content (AvgIpc) is 2.77. The number of rotatable bonds is 4. The van der Waals surface area contributed by atoms with E-state index in [1.807, 2.05) is 0 Å². The van der Waals surface area contributed by atoms with Crippen molar-refractivity contribution in [3.63, 3.8) is 0 Å². The highest BCUT2D eigenvalue weighted by atomic mass is 16.5. The van der Waals surface area contributed by atoms with Crippen LogP contribution >= 0.6 is 0 Å². The molecule has 0 saturated carbocycles. The summed E-state index contributed by atoms with van der Waals surface area (Å²) in [5, 5.41) is 0. The molecule has 2 heteroatoms. The molecule has 0 radical (unpaired) electrons. The van der Waals surface area contributed by atoms with Crippen molar-refractivity contribution in [2.24, 2.45) is 5.41 Å².